The van der Waals surface area contributed by atoms with Crippen LogP contribution in [0.4, 0.5) is 10.5 Å². The third-order valence-electron chi connectivity index (χ3n) is 4.90. The summed E-state index contributed by atoms with van der Waals surface area (Å²) in [7, 11) is -3.85. The van der Waals surface area contributed by atoms with Crippen molar-refractivity contribution in [1.82, 2.24) is 15.5 Å². The number of rotatable bonds is 4. The van der Waals surface area contributed by atoms with Crippen LogP contribution in [0.2, 0.25) is 0 Å². The molecule has 1 aliphatic heterocycles. The molecule has 3 amide bonds. The number of amides is 3. The number of carbonyl (C=O) groups is 2. The number of aliphatic imine (C=N–C) groups is 1. The minimum absolute atomic E-state index is 0.0619. The summed E-state index contributed by atoms with van der Waals surface area (Å²) in [6, 6.07) is 9.72. The number of hydrogen-bond donors (Lipinski definition) is 4. The number of urea groups is 1. The van der Waals surface area contributed by atoms with Crippen LogP contribution in [0.25, 0.3) is 10.9 Å². The van der Waals surface area contributed by atoms with E-state index < -0.39 is 28.0 Å². The van der Waals surface area contributed by atoms with Crippen molar-refractivity contribution in [3.05, 3.63) is 54.2 Å². The fourth-order valence-electron chi connectivity index (χ4n) is 3.44. The molecule has 1 aromatic heterocycles. The molecule has 0 bridgehead atoms. The Kier molecular flexibility index (Phi) is 4.84. The van der Waals surface area contributed by atoms with Crippen molar-refractivity contribution >= 4 is 44.3 Å². The zero-order chi connectivity index (χ0) is 21.5. The van der Waals surface area contributed by atoms with Gasteiger partial charge in [0.2, 0.25) is 15.9 Å². The number of aromatic amines is 1. The Morgan fingerprint density at radius 2 is 1.90 bits per heavy atom. The standard InChI is InChI=1S/C19H18N6O4S/c1-10-16(18(26)23-13-4-7-15-12(8-13)9-21-25-15)17(24-19(27)22-10)11-2-5-14(6-3-11)30(20,28)29/h2-9,16-17H,1H3,(H,21,25)(H,23,26)(H,24,27)(H2,20,28,29). The zero-order valence-electron chi connectivity index (χ0n) is 15.8. The molecule has 2 heterocycles. The molecule has 11 heteroatoms. The number of anilines is 1. The first kappa shape index (κ1) is 19.7. The van der Waals surface area contributed by atoms with E-state index in [-0.39, 0.29) is 10.8 Å². The largest absolute Gasteiger partial charge is 0.341 e. The van der Waals surface area contributed by atoms with E-state index in [0.29, 0.717) is 17.0 Å². The Labute approximate surface area is 171 Å². The van der Waals surface area contributed by atoms with Gasteiger partial charge in [0.25, 0.3) is 0 Å². The number of nitrogens with zero attached hydrogens (tertiary/aromatic N) is 2. The first-order chi connectivity index (χ1) is 14.2. The van der Waals surface area contributed by atoms with Gasteiger partial charge in [0.05, 0.1) is 22.7 Å². The summed E-state index contributed by atoms with van der Waals surface area (Å²) < 4.78 is 23.0. The minimum Gasteiger partial charge on any atom is -0.328 e. The molecule has 0 saturated carbocycles. The lowest BCUT2D eigenvalue weighted by atomic mass is 9.87. The van der Waals surface area contributed by atoms with Crippen LogP contribution in [0, 0.1) is 5.92 Å². The lowest BCUT2D eigenvalue weighted by Gasteiger charge is -2.30. The molecule has 0 spiro atoms. The number of aromatic nitrogens is 2. The molecule has 154 valence electrons. The smallest absolute Gasteiger partial charge is 0.328 e. The average molecular weight is 426 g/mol. The summed E-state index contributed by atoms with van der Waals surface area (Å²) in [5.41, 5.74) is 2.31. The summed E-state index contributed by atoms with van der Waals surface area (Å²) in [5.74, 6) is -1.15. The van der Waals surface area contributed by atoms with Crippen LogP contribution >= 0.6 is 0 Å². The second kappa shape index (κ2) is 7.35. The van der Waals surface area contributed by atoms with Crippen LogP contribution in [0.5, 0.6) is 0 Å². The van der Waals surface area contributed by atoms with Crippen molar-refractivity contribution < 1.29 is 18.0 Å². The van der Waals surface area contributed by atoms with E-state index in [1.807, 2.05) is 0 Å². The molecular weight excluding hydrogens is 408 g/mol. The summed E-state index contributed by atoms with van der Waals surface area (Å²) in [6.07, 6.45) is 1.65. The highest BCUT2D eigenvalue weighted by atomic mass is 32.2. The maximum atomic E-state index is 13.1. The quantitative estimate of drug-likeness (QED) is 0.499. The first-order valence-electron chi connectivity index (χ1n) is 8.95. The van der Waals surface area contributed by atoms with Gasteiger partial charge < -0.3 is 10.6 Å². The third-order valence-corrected chi connectivity index (χ3v) is 5.83. The van der Waals surface area contributed by atoms with Gasteiger partial charge in [0.1, 0.15) is 5.92 Å². The van der Waals surface area contributed by atoms with E-state index in [0.717, 1.165) is 10.9 Å². The molecule has 2 atom stereocenters. The number of fused-ring (bicyclic) bond motifs is 1. The summed E-state index contributed by atoms with van der Waals surface area (Å²) >= 11 is 0. The van der Waals surface area contributed by atoms with Crippen LogP contribution in [0.3, 0.4) is 0 Å². The van der Waals surface area contributed by atoms with Crippen molar-refractivity contribution in [2.45, 2.75) is 17.9 Å². The number of nitrogens with one attached hydrogen (secondary N) is 3. The lowest BCUT2D eigenvalue weighted by molar-refractivity contribution is -0.118. The first-order valence-corrected chi connectivity index (χ1v) is 10.5. The lowest BCUT2D eigenvalue weighted by Crippen LogP contribution is -2.45. The molecular formula is C19H18N6O4S. The van der Waals surface area contributed by atoms with Gasteiger partial charge in [-0.15, -0.1) is 0 Å². The number of sulfonamides is 1. The van der Waals surface area contributed by atoms with Crippen molar-refractivity contribution in [2.75, 3.05) is 5.32 Å². The second-order valence-electron chi connectivity index (χ2n) is 6.93. The van der Waals surface area contributed by atoms with E-state index in [2.05, 4.69) is 25.8 Å². The van der Waals surface area contributed by atoms with Crippen molar-refractivity contribution in [2.24, 2.45) is 16.0 Å². The third kappa shape index (κ3) is 3.80. The Morgan fingerprint density at radius 3 is 2.60 bits per heavy atom. The van der Waals surface area contributed by atoms with Gasteiger partial charge >= 0.3 is 6.03 Å². The minimum atomic E-state index is -3.85. The van der Waals surface area contributed by atoms with Gasteiger partial charge in [-0.05, 0) is 42.8 Å². The van der Waals surface area contributed by atoms with Gasteiger partial charge in [0.15, 0.2) is 0 Å². The number of primary sulfonamides is 1. The molecule has 3 aromatic rings. The number of H-pyrrole nitrogens is 1. The second-order valence-corrected chi connectivity index (χ2v) is 8.49. The fraction of sp³-hybridized carbons (Fsp3) is 0.158. The Morgan fingerprint density at radius 1 is 1.17 bits per heavy atom. The summed E-state index contributed by atoms with van der Waals surface area (Å²) in [6.45, 7) is 1.61. The molecule has 5 N–H and O–H groups in total. The number of hydrogen-bond acceptors (Lipinski definition) is 5. The Balaban J connectivity index is 1.64. The van der Waals surface area contributed by atoms with Crippen LogP contribution in [0.15, 0.2) is 58.5 Å². The van der Waals surface area contributed by atoms with Gasteiger partial charge in [0, 0.05) is 16.8 Å². The van der Waals surface area contributed by atoms with Crippen molar-refractivity contribution in [1.29, 1.82) is 0 Å². The molecule has 4 rings (SSSR count). The maximum Gasteiger partial charge on any atom is 0.341 e. The highest BCUT2D eigenvalue weighted by molar-refractivity contribution is 7.89. The van der Waals surface area contributed by atoms with Crippen molar-refractivity contribution in [3.8, 4) is 0 Å². The molecule has 2 aromatic carbocycles. The molecule has 10 nitrogen and oxygen atoms in total. The maximum absolute atomic E-state index is 13.1. The van der Waals surface area contributed by atoms with Gasteiger partial charge in [-0.2, -0.15) is 5.10 Å². The van der Waals surface area contributed by atoms with E-state index in [4.69, 9.17) is 5.14 Å². The predicted octanol–water partition coefficient (Wildman–Crippen LogP) is 1.69. The number of carbonyl (C=O) groups excluding carboxylic acids is 2. The average Bonchev–Trinajstić information content (AvgIpc) is 3.14. The number of benzene rings is 2. The van der Waals surface area contributed by atoms with E-state index in [1.54, 1.807) is 31.3 Å². The summed E-state index contributed by atoms with van der Waals surface area (Å²) in [5, 5.41) is 18.3. The topological polar surface area (TPSA) is 159 Å². The highest BCUT2D eigenvalue weighted by Crippen LogP contribution is 2.29. The normalized spacial score (nSPS) is 19.3. The van der Waals surface area contributed by atoms with Crippen LogP contribution in [-0.2, 0) is 14.8 Å². The fourth-order valence-corrected chi connectivity index (χ4v) is 3.96. The number of nitrogens with two attached hydrogens (primary N) is 1. The van der Waals surface area contributed by atoms with Crippen LogP contribution < -0.4 is 15.8 Å². The van der Waals surface area contributed by atoms with Gasteiger partial charge in [-0.3, -0.25) is 9.89 Å². The van der Waals surface area contributed by atoms with E-state index in [1.165, 1.54) is 24.3 Å². The molecule has 0 fully saturated rings. The van der Waals surface area contributed by atoms with Gasteiger partial charge in [-0.1, -0.05) is 12.1 Å². The van der Waals surface area contributed by atoms with E-state index in [9.17, 15) is 18.0 Å². The molecule has 30 heavy (non-hydrogen) atoms. The molecule has 1 aliphatic rings. The van der Waals surface area contributed by atoms with Crippen LogP contribution in [0.1, 0.15) is 18.5 Å². The summed E-state index contributed by atoms with van der Waals surface area (Å²) in [4.78, 5) is 28.9. The molecule has 0 radical (unpaired) electrons. The SMILES string of the molecule is CC1=NC(=O)NC(c2ccc(S(N)(=O)=O)cc2)C1C(=O)Nc1ccc2[nH]ncc2c1. The Hall–Kier alpha value is -3.57. The Bertz CT molecular complexity index is 1280. The zero-order valence-corrected chi connectivity index (χ0v) is 16.6. The highest BCUT2D eigenvalue weighted by Gasteiger charge is 2.37. The van der Waals surface area contributed by atoms with E-state index >= 15 is 0 Å². The van der Waals surface area contributed by atoms with Gasteiger partial charge in [-0.25, -0.2) is 23.3 Å². The van der Waals surface area contributed by atoms with Crippen LogP contribution in [-0.4, -0.2) is 36.3 Å². The monoisotopic (exact) mass is 426 g/mol. The van der Waals surface area contributed by atoms with Crippen molar-refractivity contribution in [3.63, 3.8) is 0 Å². The predicted molar refractivity (Wildman–Crippen MR) is 110 cm³/mol. The molecule has 2 unspecified atom stereocenters. The molecule has 0 aliphatic carbocycles. The molecule has 0 saturated heterocycles.